The molecular formula is C24H25FN4O2S. The first-order valence-electron chi connectivity index (χ1n) is 11.0. The number of hydrogen-bond acceptors (Lipinski definition) is 6. The molecule has 1 aromatic heterocycles. The molecule has 0 atom stereocenters. The van der Waals surface area contributed by atoms with Crippen LogP contribution in [0.5, 0.6) is 5.75 Å². The van der Waals surface area contributed by atoms with Crippen molar-refractivity contribution in [2.45, 2.75) is 37.4 Å². The number of piperidine rings is 1. The molecule has 3 aromatic rings. The lowest BCUT2D eigenvalue weighted by Gasteiger charge is -2.26. The highest BCUT2D eigenvalue weighted by atomic mass is 32.2. The predicted octanol–water partition coefficient (Wildman–Crippen LogP) is 4.30. The fourth-order valence-corrected chi connectivity index (χ4v) is 5.10. The van der Waals surface area contributed by atoms with Crippen LogP contribution < -0.4 is 4.74 Å². The summed E-state index contributed by atoms with van der Waals surface area (Å²) in [5, 5.41) is 9.46. The minimum absolute atomic E-state index is 0.0379. The second kappa shape index (κ2) is 9.42. The molecule has 5 rings (SSSR count). The van der Waals surface area contributed by atoms with Crippen LogP contribution in [0.2, 0.25) is 0 Å². The first-order valence-corrected chi connectivity index (χ1v) is 12.0. The summed E-state index contributed by atoms with van der Waals surface area (Å²) in [6, 6.07) is 11.9. The number of rotatable bonds is 7. The van der Waals surface area contributed by atoms with Crippen LogP contribution in [-0.4, -0.2) is 50.9 Å². The zero-order valence-electron chi connectivity index (χ0n) is 17.8. The van der Waals surface area contributed by atoms with E-state index in [4.69, 9.17) is 4.74 Å². The van der Waals surface area contributed by atoms with E-state index in [0.717, 1.165) is 42.3 Å². The van der Waals surface area contributed by atoms with Crippen LogP contribution in [0.25, 0.3) is 5.69 Å². The van der Waals surface area contributed by atoms with Gasteiger partial charge in [-0.3, -0.25) is 14.3 Å². The van der Waals surface area contributed by atoms with E-state index in [-0.39, 0.29) is 17.4 Å². The van der Waals surface area contributed by atoms with Crippen molar-refractivity contribution in [2.24, 2.45) is 0 Å². The van der Waals surface area contributed by atoms with Crippen LogP contribution in [-0.2, 0) is 13.0 Å². The van der Waals surface area contributed by atoms with Crippen molar-refractivity contribution in [3.05, 3.63) is 65.2 Å². The van der Waals surface area contributed by atoms with Crippen LogP contribution in [0.1, 0.15) is 41.0 Å². The summed E-state index contributed by atoms with van der Waals surface area (Å²) in [6.07, 6.45) is 4.47. The van der Waals surface area contributed by atoms with Gasteiger partial charge in [0.1, 0.15) is 11.6 Å². The number of likely N-dealkylation sites (tertiary alicyclic amines) is 1. The van der Waals surface area contributed by atoms with Gasteiger partial charge in [-0.05, 0) is 74.0 Å². The van der Waals surface area contributed by atoms with Gasteiger partial charge in [-0.2, -0.15) is 0 Å². The van der Waals surface area contributed by atoms with Crippen LogP contribution in [0.4, 0.5) is 4.39 Å². The van der Waals surface area contributed by atoms with Gasteiger partial charge < -0.3 is 4.74 Å². The third-order valence-corrected chi connectivity index (χ3v) is 6.87. The maximum atomic E-state index is 13.5. The summed E-state index contributed by atoms with van der Waals surface area (Å²) in [4.78, 5) is 15.2. The monoisotopic (exact) mass is 452 g/mol. The summed E-state index contributed by atoms with van der Waals surface area (Å²) in [7, 11) is 0. The number of benzene rings is 2. The zero-order valence-corrected chi connectivity index (χ0v) is 18.6. The molecule has 0 aliphatic carbocycles. The molecule has 0 spiro atoms. The van der Waals surface area contributed by atoms with Crippen LogP contribution in [0.15, 0.2) is 47.6 Å². The number of Topliss-reactive ketones (excluding diaryl/α,β-unsaturated/α-hetero) is 1. The van der Waals surface area contributed by atoms with Gasteiger partial charge in [0.2, 0.25) is 0 Å². The van der Waals surface area contributed by atoms with Crippen molar-refractivity contribution in [1.82, 2.24) is 19.7 Å². The molecule has 166 valence electrons. The molecular weight excluding hydrogens is 427 g/mol. The Hall–Kier alpha value is -2.71. The number of halogens is 1. The van der Waals surface area contributed by atoms with E-state index in [1.165, 1.54) is 43.2 Å². The van der Waals surface area contributed by atoms with E-state index in [1.54, 1.807) is 12.1 Å². The van der Waals surface area contributed by atoms with Gasteiger partial charge in [-0.15, -0.1) is 10.2 Å². The normalized spacial score (nSPS) is 16.0. The molecule has 3 heterocycles. The third kappa shape index (κ3) is 4.56. The molecule has 0 amide bonds. The van der Waals surface area contributed by atoms with Gasteiger partial charge in [-0.1, -0.05) is 18.2 Å². The molecule has 8 heteroatoms. The average molecular weight is 453 g/mol. The summed E-state index contributed by atoms with van der Waals surface area (Å²) in [6.45, 7) is 3.44. The highest BCUT2D eigenvalue weighted by Crippen LogP contribution is 2.28. The Morgan fingerprint density at radius 3 is 2.69 bits per heavy atom. The van der Waals surface area contributed by atoms with E-state index >= 15 is 0 Å². The quantitative estimate of drug-likeness (QED) is 0.393. The van der Waals surface area contributed by atoms with Crippen LogP contribution in [0.3, 0.4) is 0 Å². The van der Waals surface area contributed by atoms with E-state index in [1.807, 2.05) is 22.8 Å². The van der Waals surface area contributed by atoms with Crippen molar-refractivity contribution in [1.29, 1.82) is 0 Å². The summed E-state index contributed by atoms with van der Waals surface area (Å²) < 4.78 is 21.0. The lowest BCUT2D eigenvalue weighted by Crippen LogP contribution is -2.30. The SMILES string of the molecule is O=C(CSc1nnc(CN2CCCCC2)n1-c1ccc(F)cc1)c1ccc2c(c1)CCO2. The number of carbonyl (C=O) groups is 1. The molecule has 0 unspecified atom stereocenters. The minimum atomic E-state index is -0.288. The fraction of sp³-hybridized carbons (Fsp3) is 0.375. The molecule has 2 aliphatic rings. The Labute approximate surface area is 190 Å². The van der Waals surface area contributed by atoms with Crippen molar-refractivity contribution in [3.8, 4) is 11.4 Å². The predicted molar refractivity (Wildman–Crippen MR) is 121 cm³/mol. The Morgan fingerprint density at radius 2 is 1.88 bits per heavy atom. The third-order valence-electron chi connectivity index (χ3n) is 5.94. The lowest BCUT2D eigenvalue weighted by atomic mass is 10.1. The number of ketones is 1. The number of hydrogen-bond donors (Lipinski definition) is 0. The molecule has 0 bridgehead atoms. The molecule has 0 saturated carbocycles. The van der Waals surface area contributed by atoms with E-state index < -0.39 is 0 Å². The number of aromatic nitrogens is 3. The number of carbonyl (C=O) groups excluding carboxylic acids is 1. The van der Waals surface area contributed by atoms with Gasteiger partial charge in [-0.25, -0.2) is 4.39 Å². The average Bonchev–Trinajstić information content (AvgIpc) is 3.45. The summed E-state index contributed by atoms with van der Waals surface area (Å²) >= 11 is 1.36. The first-order chi connectivity index (χ1) is 15.7. The minimum Gasteiger partial charge on any atom is -0.493 e. The largest absolute Gasteiger partial charge is 0.493 e. The summed E-state index contributed by atoms with van der Waals surface area (Å²) in [5.41, 5.74) is 2.57. The molecule has 1 fully saturated rings. The number of ether oxygens (including phenoxy) is 1. The molecule has 2 aliphatic heterocycles. The smallest absolute Gasteiger partial charge is 0.196 e. The number of thioether (sulfide) groups is 1. The Morgan fingerprint density at radius 1 is 1.06 bits per heavy atom. The highest BCUT2D eigenvalue weighted by molar-refractivity contribution is 7.99. The first kappa shape index (κ1) is 21.2. The second-order valence-corrected chi connectivity index (χ2v) is 9.12. The molecule has 0 N–H and O–H groups in total. The zero-order chi connectivity index (χ0) is 21.9. The Kier molecular flexibility index (Phi) is 6.23. The second-order valence-electron chi connectivity index (χ2n) is 8.18. The van der Waals surface area contributed by atoms with Crippen LogP contribution >= 0.6 is 11.8 Å². The fourth-order valence-electron chi connectivity index (χ4n) is 4.24. The standard InChI is InChI=1S/C24H25FN4O2S/c25-19-5-7-20(8-6-19)29-23(15-28-11-2-1-3-12-28)26-27-24(29)32-16-21(30)17-4-9-22-18(14-17)10-13-31-22/h4-9,14H,1-3,10-13,15-16H2. The maximum absolute atomic E-state index is 13.5. The number of nitrogens with zero attached hydrogens (tertiary/aromatic N) is 4. The molecule has 32 heavy (non-hydrogen) atoms. The van der Waals surface area contributed by atoms with E-state index in [0.29, 0.717) is 23.9 Å². The lowest BCUT2D eigenvalue weighted by molar-refractivity contribution is 0.102. The number of fused-ring (bicyclic) bond motifs is 1. The molecule has 1 saturated heterocycles. The topological polar surface area (TPSA) is 60.2 Å². The van der Waals surface area contributed by atoms with Gasteiger partial charge in [0.15, 0.2) is 16.8 Å². The summed E-state index contributed by atoms with van der Waals surface area (Å²) in [5.74, 6) is 1.68. The highest BCUT2D eigenvalue weighted by Gasteiger charge is 2.21. The van der Waals surface area contributed by atoms with Crippen LogP contribution in [0, 0.1) is 5.82 Å². The van der Waals surface area contributed by atoms with Gasteiger partial charge >= 0.3 is 0 Å². The van der Waals surface area contributed by atoms with Crippen molar-refractivity contribution < 1.29 is 13.9 Å². The Balaban J connectivity index is 1.36. The van der Waals surface area contributed by atoms with Crippen molar-refractivity contribution >= 4 is 17.5 Å². The van der Waals surface area contributed by atoms with Crippen molar-refractivity contribution in [2.75, 3.05) is 25.4 Å². The maximum Gasteiger partial charge on any atom is 0.196 e. The van der Waals surface area contributed by atoms with Gasteiger partial charge in [0.05, 0.1) is 18.9 Å². The van der Waals surface area contributed by atoms with Gasteiger partial charge in [0, 0.05) is 17.7 Å². The van der Waals surface area contributed by atoms with Gasteiger partial charge in [0.25, 0.3) is 0 Å². The van der Waals surface area contributed by atoms with E-state index in [2.05, 4.69) is 15.1 Å². The molecule has 6 nitrogen and oxygen atoms in total. The van der Waals surface area contributed by atoms with E-state index in [9.17, 15) is 9.18 Å². The Bertz CT molecular complexity index is 1110. The molecule has 2 aromatic carbocycles. The molecule has 0 radical (unpaired) electrons. The van der Waals surface area contributed by atoms with Crippen molar-refractivity contribution in [3.63, 3.8) is 0 Å².